The summed E-state index contributed by atoms with van der Waals surface area (Å²) in [6.07, 6.45) is -1.73. The SMILES string of the molecule is O=C(Nc1ccc(NC2CC[C@H](O)C2)nc1)c1nc(-c2ccccc2)oc1C(F)(F)F. The van der Waals surface area contributed by atoms with Gasteiger partial charge in [-0.2, -0.15) is 13.2 Å². The van der Waals surface area contributed by atoms with E-state index in [1.807, 2.05) is 0 Å². The number of pyridine rings is 1. The van der Waals surface area contributed by atoms with Crippen molar-refractivity contribution < 1.29 is 27.5 Å². The van der Waals surface area contributed by atoms with Crippen molar-refractivity contribution in [3.05, 3.63) is 60.1 Å². The van der Waals surface area contributed by atoms with Crippen molar-refractivity contribution >= 4 is 17.4 Å². The fraction of sp³-hybridized carbons (Fsp3) is 0.286. The number of aliphatic hydroxyl groups excluding tert-OH is 1. The van der Waals surface area contributed by atoms with E-state index in [1.165, 1.54) is 24.4 Å². The number of nitrogens with zero attached hydrogens (tertiary/aromatic N) is 2. The van der Waals surface area contributed by atoms with Gasteiger partial charge >= 0.3 is 6.18 Å². The van der Waals surface area contributed by atoms with Gasteiger partial charge in [-0.1, -0.05) is 18.2 Å². The van der Waals surface area contributed by atoms with Crippen molar-refractivity contribution in [1.29, 1.82) is 0 Å². The number of oxazole rings is 1. The molecule has 4 rings (SSSR count). The maximum atomic E-state index is 13.4. The van der Waals surface area contributed by atoms with Gasteiger partial charge in [0.15, 0.2) is 5.69 Å². The van der Waals surface area contributed by atoms with E-state index in [4.69, 9.17) is 4.42 Å². The van der Waals surface area contributed by atoms with Gasteiger partial charge in [-0.3, -0.25) is 4.79 Å². The van der Waals surface area contributed by atoms with E-state index in [2.05, 4.69) is 20.6 Å². The van der Waals surface area contributed by atoms with Gasteiger partial charge in [0.25, 0.3) is 5.91 Å². The molecule has 0 bridgehead atoms. The Balaban J connectivity index is 1.51. The van der Waals surface area contributed by atoms with Crippen molar-refractivity contribution in [3.8, 4) is 11.5 Å². The lowest BCUT2D eigenvalue weighted by Crippen LogP contribution is -2.19. The lowest BCUT2D eigenvalue weighted by atomic mass is 10.2. The number of carbonyl (C=O) groups is 1. The predicted molar refractivity (Wildman–Crippen MR) is 106 cm³/mol. The zero-order valence-corrected chi connectivity index (χ0v) is 16.2. The topological polar surface area (TPSA) is 100 Å². The number of anilines is 2. The number of rotatable bonds is 5. The third kappa shape index (κ3) is 4.85. The summed E-state index contributed by atoms with van der Waals surface area (Å²) in [4.78, 5) is 20.5. The Kier molecular flexibility index (Phi) is 5.64. The summed E-state index contributed by atoms with van der Waals surface area (Å²) in [5, 5.41) is 15.1. The molecule has 1 fully saturated rings. The van der Waals surface area contributed by atoms with Crippen molar-refractivity contribution in [2.75, 3.05) is 10.6 Å². The van der Waals surface area contributed by atoms with Crippen LogP contribution in [0.15, 0.2) is 53.1 Å². The van der Waals surface area contributed by atoms with E-state index >= 15 is 0 Å². The molecular weight excluding hydrogens is 413 g/mol. The first-order chi connectivity index (χ1) is 14.8. The van der Waals surface area contributed by atoms with Crippen LogP contribution in [0.4, 0.5) is 24.7 Å². The van der Waals surface area contributed by atoms with E-state index in [0.717, 1.165) is 12.8 Å². The molecule has 2 atom stereocenters. The standard InChI is InChI=1S/C21H19F3N4O3/c22-21(23,24)18-17(28-20(31-18)12-4-2-1-3-5-12)19(30)27-14-7-9-16(25-11-14)26-13-6-8-15(29)10-13/h1-5,7,9,11,13,15,29H,6,8,10H2,(H,25,26)(H,27,30)/t13?,15-/m0/s1. The number of aromatic nitrogens is 2. The molecule has 10 heteroatoms. The first-order valence-corrected chi connectivity index (χ1v) is 9.65. The Morgan fingerprint density at radius 2 is 1.90 bits per heavy atom. The number of aliphatic hydroxyl groups is 1. The van der Waals surface area contributed by atoms with Crippen molar-refractivity contribution in [1.82, 2.24) is 9.97 Å². The van der Waals surface area contributed by atoms with Gasteiger partial charge in [0.05, 0.1) is 18.0 Å². The van der Waals surface area contributed by atoms with Crippen molar-refractivity contribution in [2.45, 2.75) is 37.6 Å². The highest BCUT2D eigenvalue weighted by molar-refractivity contribution is 6.04. The Bertz CT molecular complexity index is 1050. The average molecular weight is 432 g/mol. The fourth-order valence-corrected chi connectivity index (χ4v) is 3.41. The summed E-state index contributed by atoms with van der Waals surface area (Å²) in [6, 6.07) is 11.2. The fourth-order valence-electron chi connectivity index (χ4n) is 3.41. The quantitative estimate of drug-likeness (QED) is 0.555. The van der Waals surface area contributed by atoms with Gasteiger partial charge in [0.1, 0.15) is 5.82 Å². The molecule has 3 N–H and O–H groups in total. The highest BCUT2D eigenvalue weighted by atomic mass is 19.4. The molecule has 2 heterocycles. The van der Waals surface area contributed by atoms with Crippen LogP contribution in [0.1, 0.15) is 35.5 Å². The molecule has 0 radical (unpaired) electrons. The molecule has 0 saturated heterocycles. The maximum Gasteiger partial charge on any atom is 0.452 e. The van der Waals surface area contributed by atoms with Crippen LogP contribution in [-0.2, 0) is 6.18 Å². The number of amides is 1. The van der Waals surface area contributed by atoms with Gasteiger partial charge < -0.3 is 20.2 Å². The predicted octanol–water partition coefficient (Wildman–Crippen LogP) is 4.33. The van der Waals surface area contributed by atoms with Crippen molar-refractivity contribution in [2.24, 2.45) is 0 Å². The van der Waals surface area contributed by atoms with Crippen LogP contribution in [0.2, 0.25) is 0 Å². The molecule has 1 aliphatic rings. The number of hydrogen-bond acceptors (Lipinski definition) is 6. The molecule has 7 nitrogen and oxygen atoms in total. The molecule has 162 valence electrons. The number of benzene rings is 1. The smallest absolute Gasteiger partial charge is 0.431 e. The average Bonchev–Trinajstić information content (AvgIpc) is 3.37. The van der Waals surface area contributed by atoms with Crippen LogP contribution < -0.4 is 10.6 Å². The van der Waals surface area contributed by atoms with Crippen molar-refractivity contribution in [3.63, 3.8) is 0 Å². The van der Waals surface area contributed by atoms with Gasteiger partial charge in [0, 0.05) is 11.6 Å². The molecule has 1 amide bonds. The Morgan fingerprint density at radius 3 is 2.52 bits per heavy atom. The van der Waals surface area contributed by atoms with Gasteiger partial charge in [-0.15, -0.1) is 0 Å². The Labute approximate surface area is 175 Å². The lowest BCUT2D eigenvalue weighted by Gasteiger charge is -2.13. The second kappa shape index (κ2) is 8.38. The van der Waals surface area contributed by atoms with Crippen LogP contribution in [0.3, 0.4) is 0 Å². The molecule has 31 heavy (non-hydrogen) atoms. The lowest BCUT2D eigenvalue weighted by molar-refractivity contribution is -0.153. The molecule has 2 aromatic heterocycles. The highest BCUT2D eigenvalue weighted by Gasteiger charge is 2.42. The molecule has 0 spiro atoms. The van der Waals surface area contributed by atoms with Crippen LogP contribution in [-0.4, -0.2) is 33.1 Å². The number of alkyl halides is 3. The van der Waals surface area contributed by atoms with Gasteiger partial charge in [0.2, 0.25) is 11.7 Å². The summed E-state index contributed by atoms with van der Waals surface area (Å²) in [5.41, 5.74) is -0.325. The third-order valence-corrected chi connectivity index (χ3v) is 4.90. The number of halogens is 3. The zero-order valence-electron chi connectivity index (χ0n) is 16.2. The summed E-state index contributed by atoms with van der Waals surface area (Å²) >= 11 is 0. The Morgan fingerprint density at radius 1 is 1.13 bits per heavy atom. The van der Waals surface area contributed by atoms with E-state index in [1.54, 1.807) is 24.3 Å². The molecule has 1 aromatic carbocycles. The minimum atomic E-state index is -4.88. The van der Waals surface area contributed by atoms with E-state index in [9.17, 15) is 23.1 Å². The monoisotopic (exact) mass is 432 g/mol. The molecule has 1 unspecified atom stereocenters. The van der Waals surface area contributed by atoms with Crippen LogP contribution >= 0.6 is 0 Å². The molecule has 0 aliphatic heterocycles. The van der Waals surface area contributed by atoms with E-state index in [-0.39, 0.29) is 23.7 Å². The highest BCUT2D eigenvalue weighted by Crippen LogP contribution is 2.35. The van der Waals surface area contributed by atoms with Crippen LogP contribution in [0.5, 0.6) is 0 Å². The number of hydrogen-bond donors (Lipinski definition) is 3. The minimum Gasteiger partial charge on any atom is -0.431 e. The maximum absolute atomic E-state index is 13.4. The summed E-state index contributed by atoms with van der Waals surface area (Å²) in [6.45, 7) is 0. The summed E-state index contributed by atoms with van der Waals surface area (Å²) in [5.74, 6) is -2.27. The summed E-state index contributed by atoms with van der Waals surface area (Å²) < 4.78 is 45.1. The third-order valence-electron chi connectivity index (χ3n) is 4.90. The first-order valence-electron chi connectivity index (χ1n) is 9.65. The molecule has 1 aliphatic carbocycles. The van der Waals surface area contributed by atoms with Crippen LogP contribution in [0.25, 0.3) is 11.5 Å². The zero-order chi connectivity index (χ0) is 22.0. The van der Waals surface area contributed by atoms with Crippen LogP contribution in [0, 0.1) is 0 Å². The second-order valence-corrected chi connectivity index (χ2v) is 7.25. The number of nitrogens with one attached hydrogen (secondary N) is 2. The first kappa shape index (κ1) is 20.9. The van der Waals surface area contributed by atoms with E-state index < -0.39 is 23.5 Å². The summed E-state index contributed by atoms with van der Waals surface area (Å²) in [7, 11) is 0. The second-order valence-electron chi connectivity index (χ2n) is 7.25. The molecule has 1 saturated carbocycles. The molecular formula is C21H19F3N4O3. The van der Waals surface area contributed by atoms with Gasteiger partial charge in [-0.05, 0) is 43.5 Å². The Hall–Kier alpha value is -3.40. The van der Waals surface area contributed by atoms with Gasteiger partial charge in [-0.25, -0.2) is 9.97 Å². The minimum absolute atomic E-state index is 0.101. The molecule has 3 aromatic rings. The van der Waals surface area contributed by atoms with E-state index in [0.29, 0.717) is 17.8 Å². The normalized spacial score (nSPS) is 18.7. The number of carbonyl (C=O) groups excluding carboxylic acids is 1. The largest absolute Gasteiger partial charge is 0.452 e.